The van der Waals surface area contributed by atoms with Crippen molar-refractivity contribution in [3.8, 4) is 0 Å². The second-order valence-electron chi connectivity index (χ2n) is 5.04. The normalized spacial score (nSPS) is 14.3. The van der Waals surface area contributed by atoms with Gasteiger partial charge in [0.2, 0.25) is 0 Å². The maximum Gasteiger partial charge on any atom is 0.252 e. The van der Waals surface area contributed by atoms with Crippen LogP contribution in [-0.2, 0) is 0 Å². The highest BCUT2D eigenvalue weighted by molar-refractivity contribution is 14.1. The molecule has 6 heteroatoms. The Hall–Kier alpha value is -0.370. The molecule has 0 saturated carbocycles. The van der Waals surface area contributed by atoms with Gasteiger partial charge in [-0.1, -0.05) is 11.6 Å². The molecule has 0 aliphatic heterocycles. The van der Waals surface area contributed by atoms with Crippen molar-refractivity contribution in [2.45, 2.75) is 12.5 Å². The predicted octanol–water partition coefficient (Wildman–Crippen LogP) is 1.99. The number of benzene rings is 1. The van der Waals surface area contributed by atoms with Crippen LogP contribution < -0.4 is 5.32 Å². The molecule has 0 aliphatic rings. The Bertz CT molecular complexity index is 464. The van der Waals surface area contributed by atoms with Gasteiger partial charge in [0.15, 0.2) is 0 Å². The molecule has 0 aromatic heterocycles. The standard InChI is InChI=1S/C13H18ClIN2O2/c1-13(19,8-17(2)3)7-16-12(18)10-6-9(14)4-5-11(10)15/h4-6,19H,7-8H2,1-3H3,(H,16,18). The Labute approximate surface area is 132 Å². The second kappa shape index (κ2) is 6.88. The Morgan fingerprint density at radius 1 is 1.53 bits per heavy atom. The van der Waals surface area contributed by atoms with Crippen LogP contribution in [0.5, 0.6) is 0 Å². The Morgan fingerprint density at radius 2 is 2.16 bits per heavy atom. The lowest BCUT2D eigenvalue weighted by Crippen LogP contribution is -2.47. The third kappa shape index (κ3) is 5.64. The molecule has 1 rings (SSSR count). The zero-order valence-corrected chi connectivity index (χ0v) is 14.1. The number of hydrogen-bond acceptors (Lipinski definition) is 3. The number of amides is 1. The second-order valence-corrected chi connectivity index (χ2v) is 6.64. The third-order valence-electron chi connectivity index (χ3n) is 2.46. The number of aliphatic hydroxyl groups is 1. The maximum atomic E-state index is 12.1. The summed E-state index contributed by atoms with van der Waals surface area (Å²) in [4.78, 5) is 13.9. The molecule has 0 radical (unpaired) electrons. The minimum Gasteiger partial charge on any atom is -0.387 e. The van der Waals surface area contributed by atoms with Gasteiger partial charge in [-0.25, -0.2) is 0 Å². The molecule has 2 N–H and O–H groups in total. The zero-order valence-electron chi connectivity index (χ0n) is 11.2. The Balaban J connectivity index is 2.68. The SMILES string of the molecule is CN(C)CC(C)(O)CNC(=O)c1cc(Cl)ccc1I. The molecule has 4 nitrogen and oxygen atoms in total. The first-order chi connectivity index (χ1) is 8.71. The summed E-state index contributed by atoms with van der Waals surface area (Å²) in [5.74, 6) is -0.231. The van der Waals surface area contributed by atoms with Crippen LogP contribution in [0.2, 0.25) is 5.02 Å². The van der Waals surface area contributed by atoms with Crippen molar-refractivity contribution in [1.29, 1.82) is 0 Å². The molecule has 1 atom stereocenters. The number of carbonyl (C=O) groups excluding carboxylic acids is 1. The van der Waals surface area contributed by atoms with Crippen molar-refractivity contribution in [3.05, 3.63) is 32.4 Å². The highest BCUT2D eigenvalue weighted by Crippen LogP contribution is 2.18. The van der Waals surface area contributed by atoms with Crippen LogP contribution in [0.3, 0.4) is 0 Å². The van der Waals surface area contributed by atoms with Gasteiger partial charge in [-0.15, -0.1) is 0 Å². The topological polar surface area (TPSA) is 52.6 Å². The van der Waals surface area contributed by atoms with Crippen LogP contribution in [0.1, 0.15) is 17.3 Å². The molecule has 1 unspecified atom stereocenters. The molecule has 1 aromatic rings. The summed E-state index contributed by atoms with van der Waals surface area (Å²) >= 11 is 7.96. The van der Waals surface area contributed by atoms with Gasteiger partial charge in [0.1, 0.15) is 0 Å². The van der Waals surface area contributed by atoms with E-state index in [-0.39, 0.29) is 12.5 Å². The average Bonchev–Trinajstić information content (AvgIpc) is 2.27. The quantitative estimate of drug-likeness (QED) is 0.749. The van der Waals surface area contributed by atoms with E-state index in [1.165, 1.54) is 0 Å². The maximum absolute atomic E-state index is 12.1. The molecule has 0 heterocycles. The summed E-state index contributed by atoms with van der Waals surface area (Å²) in [5.41, 5.74) is -0.447. The lowest BCUT2D eigenvalue weighted by molar-refractivity contribution is 0.0326. The van der Waals surface area contributed by atoms with E-state index in [0.29, 0.717) is 17.1 Å². The summed E-state index contributed by atoms with van der Waals surface area (Å²) in [6.45, 7) is 2.35. The van der Waals surface area contributed by atoms with Crippen LogP contribution in [0, 0.1) is 3.57 Å². The summed E-state index contributed by atoms with van der Waals surface area (Å²) in [7, 11) is 3.74. The molecule has 1 amide bonds. The number of likely N-dealkylation sites (N-methyl/N-ethyl adjacent to an activating group) is 1. The minimum atomic E-state index is -0.969. The number of halogens is 2. The van der Waals surface area contributed by atoms with Crippen LogP contribution in [0.25, 0.3) is 0 Å². The summed E-state index contributed by atoms with van der Waals surface area (Å²) < 4.78 is 0.826. The first-order valence-corrected chi connectivity index (χ1v) is 7.27. The third-order valence-corrected chi connectivity index (χ3v) is 3.64. The van der Waals surface area contributed by atoms with Gasteiger partial charge in [0.05, 0.1) is 11.2 Å². The van der Waals surface area contributed by atoms with Crippen molar-refractivity contribution in [2.24, 2.45) is 0 Å². The van der Waals surface area contributed by atoms with Crippen molar-refractivity contribution in [3.63, 3.8) is 0 Å². The molecule has 106 valence electrons. The van der Waals surface area contributed by atoms with Gasteiger partial charge in [-0.05, 0) is 61.8 Å². The zero-order chi connectivity index (χ0) is 14.6. The minimum absolute atomic E-state index is 0.187. The highest BCUT2D eigenvalue weighted by atomic mass is 127. The van der Waals surface area contributed by atoms with E-state index >= 15 is 0 Å². The summed E-state index contributed by atoms with van der Waals surface area (Å²) in [6, 6.07) is 5.15. The fourth-order valence-corrected chi connectivity index (χ4v) is 2.53. The van der Waals surface area contributed by atoms with E-state index in [4.69, 9.17) is 11.6 Å². The average molecular weight is 397 g/mol. The Morgan fingerprint density at radius 3 is 2.74 bits per heavy atom. The van der Waals surface area contributed by atoms with E-state index in [1.807, 2.05) is 19.0 Å². The molecule has 19 heavy (non-hydrogen) atoms. The van der Waals surface area contributed by atoms with Gasteiger partial charge in [-0.2, -0.15) is 0 Å². The first kappa shape index (κ1) is 16.7. The van der Waals surface area contributed by atoms with Gasteiger partial charge < -0.3 is 15.3 Å². The van der Waals surface area contributed by atoms with Crippen LogP contribution in [0.4, 0.5) is 0 Å². The van der Waals surface area contributed by atoms with Crippen LogP contribution in [-0.4, -0.2) is 48.7 Å². The summed E-state index contributed by atoms with van der Waals surface area (Å²) in [6.07, 6.45) is 0. The molecule has 0 spiro atoms. The smallest absolute Gasteiger partial charge is 0.252 e. The Kier molecular flexibility index (Phi) is 6.04. The van der Waals surface area contributed by atoms with E-state index < -0.39 is 5.60 Å². The van der Waals surface area contributed by atoms with Crippen LogP contribution in [0.15, 0.2) is 18.2 Å². The highest BCUT2D eigenvalue weighted by Gasteiger charge is 2.22. The number of carbonyl (C=O) groups is 1. The predicted molar refractivity (Wildman–Crippen MR) is 85.7 cm³/mol. The first-order valence-electron chi connectivity index (χ1n) is 5.82. The molecule has 0 saturated heterocycles. The van der Waals surface area contributed by atoms with Gasteiger partial charge >= 0.3 is 0 Å². The number of hydrogen-bond donors (Lipinski definition) is 2. The van der Waals surface area contributed by atoms with Crippen molar-refractivity contribution < 1.29 is 9.90 Å². The van der Waals surface area contributed by atoms with E-state index in [2.05, 4.69) is 27.9 Å². The number of rotatable bonds is 5. The number of nitrogens with one attached hydrogen (secondary N) is 1. The fourth-order valence-electron chi connectivity index (χ4n) is 1.77. The van der Waals surface area contributed by atoms with E-state index in [1.54, 1.807) is 25.1 Å². The summed E-state index contributed by atoms with van der Waals surface area (Å²) in [5, 5.41) is 13.4. The molecular weight excluding hydrogens is 379 g/mol. The molecule has 0 bridgehead atoms. The molecule has 0 aliphatic carbocycles. The molecule has 1 aromatic carbocycles. The van der Waals surface area contributed by atoms with Crippen molar-refractivity contribution >= 4 is 40.1 Å². The van der Waals surface area contributed by atoms with Crippen molar-refractivity contribution in [1.82, 2.24) is 10.2 Å². The molecular formula is C13H18ClIN2O2. The van der Waals surface area contributed by atoms with Gasteiger partial charge in [0.25, 0.3) is 5.91 Å². The number of nitrogens with zero attached hydrogens (tertiary/aromatic N) is 1. The van der Waals surface area contributed by atoms with E-state index in [9.17, 15) is 9.90 Å². The largest absolute Gasteiger partial charge is 0.387 e. The fraction of sp³-hybridized carbons (Fsp3) is 0.462. The van der Waals surface area contributed by atoms with Gasteiger partial charge in [0, 0.05) is 21.7 Å². The van der Waals surface area contributed by atoms with Gasteiger partial charge in [-0.3, -0.25) is 4.79 Å². The van der Waals surface area contributed by atoms with Crippen molar-refractivity contribution in [2.75, 3.05) is 27.2 Å². The lowest BCUT2D eigenvalue weighted by atomic mass is 10.1. The van der Waals surface area contributed by atoms with Crippen LogP contribution >= 0.6 is 34.2 Å². The lowest BCUT2D eigenvalue weighted by Gasteiger charge is -2.27. The monoisotopic (exact) mass is 396 g/mol. The van der Waals surface area contributed by atoms with E-state index in [0.717, 1.165) is 3.57 Å². The molecule has 0 fully saturated rings.